The monoisotopic (exact) mass is 252 g/mol. The Morgan fingerprint density at radius 1 is 1.56 bits per heavy atom. The lowest BCUT2D eigenvalue weighted by Crippen LogP contribution is -2.48. The van der Waals surface area contributed by atoms with Crippen LogP contribution in [0.5, 0.6) is 0 Å². The minimum atomic E-state index is -0.126. The summed E-state index contributed by atoms with van der Waals surface area (Å²) < 4.78 is 0. The molecule has 2 rings (SSSR count). The number of piperidine rings is 1. The van der Waals surface area contributed by atoms with Gasteiger partial charge in [-0.1, -0.05) is 6.92 Å². The van der Waals surface area contributed by atoms with E-state index in [1.165, 1.54) is 0 Å². The average molecular weight is 252 g/mol. The maximum Gasteiger partial charge on any atom is 0.270 e. The third-order valence-corrected chi connectivity index (χ3v) is 3.86. The number of hydrogen-bond donors (Lipinski definition) is 2. The Morgan fingerprint density at radius 3 is 2.94 bits per heavy atom. The van der Waals surface area contributed by atoms with Crippen LogP contribution in [0.2, 0.25) is 0 Å². The lowest BCUT2D eigenvalue weighted by atomic mass is 9.87. The van der Waals surface area contributed by atoms with Gasteiger partial charge in [0, 0.05) is 25.9 Å². The zero-order valence-electron chi connectivity index (χ0n) is 10.7. The number of carbonyl (C=O) groups excluding carboxylic acids is 2. The van der Waals surface area contributed by atoms with Gasteiger partial charge in [0.1, 0.15) is 5.71 Å². The second-order valence-electron chi connectivity index (χ2n) is 5.11. The molecule has 2 heterocycles. The highest BCUT2D eigenvalue weighted by Gasteiger charge is 2.30. The third-order valence-electron chi connectivity index (χ3n) is 3.86. The van der Waals surface area contributed by atoms with E-state index in [0.29, 0.717) is 43.5 Å². The molecule has 2 aliphatic rings. The Morgan fingerprint density at radius 2 is 2.33 bits per heavy atom. The van der Waals surface area contributed by atoms with Crippen molar-refractivity contribution < 1.29 is 9.59 Å². The zero-order valence-corrected chi connectivity index (χ0v) is 10.7. The van der Waals surface area contributed by atoms with Gasteiger partial charge in [-0.25, -0.2) is 5.43 Å². The Balaban J connectivity index is 1.99. The molecule has 18 heavy (non-hydrogen) atoms. The van der Waals surface area contributed by atoms with Crippen LogP contribution in [0.1, 0.15) is 26.2 Å². The molecule has 0 spiro atoms. The fourth-order valence-corrected chi connectivity index (χ4v) is 2.45. The predicted octanol–water partition coefficient (Wildman–Crippen LogP) is -0.304. The minimum absolute atomic E-state index is 0.0552. The molecule has 0 aromatic rings. The first-order valence-electron chi connectivity index (χ1n) is 6.46. The van der Waals surface area contributed by atoms with Crippen LogP contribution in [0.15, 0.2) is 5.10 Å². The van der Waals surface area contributed by atoms with Crippen molar-refractivity contribution in [1.82, 2.24) is 10.3 Å². The van der Waals surface area contributed by atoms with Crippen LogP contribution in [0.25, 0.3) is 0 Å². The summed E-state index contributed by atoms with van der Waals surface area (Å²) in [6.07, 6.45) is 1.76. The lowest BCUT2D eigenvalue weighted by molar-refractivity contribution is -0.126. The topological polar surface area (TPSA) is 87.8 Å². The molecule has 0 radical (unpaired) electrons. The first-order valence-corrected chi connectivity index (χ1v) is 6.46. The molecule has 1 saturated heterocycles. The molecule has 2 unspecified atom stereocenters. The van der Waals surface area contributed by atoms with Crippen molar-refractivity contribution in [3.63, 3.8) is 0 Å². The van der Waals surface area contributed by atoms with Gasteiger partial charge in [0.25, 0.3) is 5.91 Å². The van der Waals surface area contributed by atoms with E-state index in [1.54, 1.807) is 0 Å². The van der Waals surface area contributed by atoms with Gasteiger partial charge in [0.05, 0.1) is 0 Å². The van der Waals surface area contributed by atoms with Crippen molar-refractivity contribution in [1.29, 1.82) is 0 Å². The maximum atomic E-state index is 12.2. The molecular formula is C12H20N4O2. The van der Waals surface area contributed by atoms with Crippen LogP contribution >= 0.6 is 0 Å². The number of nitrogens with one attached hydrogen (secondary N) is 1. The van der Waals surface area contributed by atoms with Gasteiger partial charge < -0.3 is 10.6 Å². The van der Waals surface area contributed by atoms with Gasteiger partial charge in [0.15, 0.2) is 0 Å². The number of rotatable bonds is 2. The van der Waals surface area contributed by atoms with E-state index in [4.69, 9.17) is 5.73 Å². The van der Waals surface area contributed by atoms with Gasteiger partial charge in [-0.2, -0.15) is 5.10 Å². The summed E-state index contributed by atoms with van der Waals surface area (Å²) in [5.74, 6) is 0.743. The first-order chi connectivity index (χ1) is 8.61. The van der Waals surface area contributed by atoms with Crippen molar-refractivity contribution in [3.05, 3.63) is 0 Å². The van der Waals surface area contributed by atoms with Gasteiger partial charge in [0.2, 0.25) is 5.91 Å². The second kappa shape index (κ2) is 5.48. The average Bonchev–Trinajstić information content (AvgIpc) is 2.39. The number of hydrogen-bond acceptors (Lipinski definition) is 4. The second-order valence-corrected chi connectivity index (χ2v) is 5.11. The van der Waals surface area contributed by atoms with Crippen molar-refractivity contribution in [3.8, 4) is 0 Å². The lowest BCUT2D eigenvalue weighted by Gasteiger charge is -2.36. The van der Waals surface area contributed by atoms with Gasteiger partial charge in [-0.15, -0.1) is 0 Å². The molecule has 0 aromatic heterocycles. The van der Waals surface area contributed by atoms with Gasteiger partial charge >= 0.3 is 0 Å². The highest BCUT2D eigenvalue weighted by Crippen LogP contribution is 2.22. The molecule has 2 amide bonds. The fourth-order valence-electron chi connectivity index (χ4n) is 2.45. The number of nitrogens with two attached hydrogens (primary N) is 1. The minimum Gasteiger partial charge on any atom is -0.337 e. The third kappa shape index (κ3) is 2.69. The fraction of sp³-hybridized carbons (Fsp3) is 0.750. The number of nitrogens with zero attached hydrogens (tertiary/aromatic N) is 2. The largest absolute Gasteiger partial charge is 0.337 e. The van der Waals surface area contributed by atoms with Gasteiger partial charge in [-0.3, -0.25) is 9.59 Å². The summed E-state index contributed by atoms with van der Waals surface area (Å²) in [5.41, 5.74) is 8.55. The number of carbonyl (C=O) groups is 2. The molecule has 2 atom stereocenters. The standard InChI is InChI=1S/C12H20N4O2/c1-8-4-5-16(7-9(8)6-13)12(18)10-2-3-11(17)15-14-10/h8-9H,2-7,13H2,1H3,(H,15,17). The van der Waals surface area contributed by atoms with E-state index < -0.39 is 0 Å². The molecule has 6 heteroatoms. The predicted molar refractivity (Wildman–Crippen MR) is 67.7 cm³/mol. The zero-order chi connectivity index (χ0) is 13.1. The highest BCUT2D eigenvalue weighted by molar-refractivity contribution is 6.39. The van der Waals surface area contributed by atoms with E-state index in [2.05, 4.69) is 17.5 Å². The quantitative estimate of drug-likeness (QED) is 0.707. The first kappa shape index (κ1) is 13.0. The number of likely N-dealkylation sites (tertiary alicyclic amines) is 1. The van der Waals surface area contributed by atoms with Crippen LogP contribution in [0.4, 0.5) is 0 Å². The molecular weight excluding hydrogens is 232 g/mol. The Hall–Kier alpha value is -1.43. The summed E-state index contributed by atoms with van der Waals surface area (Å²) in [5, 5.41) is 3.85. The van der Waals surface area contributed by atoms with Crippen molar-refractivity contribution in [2.24, 2.45) is 22.7 Å². The molecule has 1 fully saturated rings. The summed E-state index contributed by atoms with van der Waals surface area (Å²) in [6.45, 7) is 4.23. The van der Waals surface area contributed by atoms with Crippen LogP contribution < -0.4 is 11.2 Å². The molecule has 0 aromatic carbocycles. The summed E-state index contributed by atoms with van der Waals surface area (Å²) >= 11 is 0. The Bertz CT molecular complexity index is 380. The van der Waals surface area contributed by atoms with E-state index >= 15 is 0 Å². The smallest absolute Gasteiger partial charge is 0.270 e. The van der Waals surface area contributed by atoms with E-state index in [-0.39, 0.29) is 11.8 Å². The van der Waals surface area contributed by atoms with Gasteiger partial charge in [-0.05, 0) is 24.8 Å². The van der Waals surface area contributed by atoms with Crippen molar-refractivity contribution in [2.75, 3.05) is 19.6 Å². The van der Waals surface area contributed by atoms with E-state index in [1.807, 2.05) is 4.90 Å². The molecule has 2 aliphatic heterocycles. The summed E-state index contributed by atoms with van der Waals surface area (Å²) in [6, 6.07) is 0. The number of amides is 2. The van der Waals surface area contributed by atoms with E-state index in [9.17, 15) is 9.59 Å². The normalized spacial score (nSPS) is 28.7. The van der Waals surface area contributed by atoms with Crippen LogP contribution in [-0.2, 0) is 9.59 Å². The SMILES string of the molecule is CC1CCN(C(=O)C2=NNC(=O)CC2)CC1CN. The molecule has 0 bridgehead atoms. The highest BCUT2D eigenvalue weighted by atomic mass is 16.2. The molecule has 6 nitrogen and oxygen atoms in total. The Kier molecular flexibility index (Phi) is 3.96. The van der Waals surface area contributed by atoms with Crippen LogP contribution in [0, 0.1) is 11.8 Å². The molecule has 0 saturated carbocycles. The molecule has 100 valence electrons. The Labute approximate surface area is 107 Å². The molecule has 0 aliphatic carbocycles. The summed E-state index contributed by atoms with van der Waals surface area (Å²) in [7, 11) is 0. The van der Waals surface area contributed by atoms with E-state index in [0.717, 1.165) is 13.0 Å². The summed E-state index contributed by atoms with van der Waals surface area (Å²) in [4.78, 5) is 25.0. The van der Waals surface area contributed by atoms with Crippen molar-refractivity contribution >= 4 is 17.5 Å². The number of hydrazone groups is 1. The van der Waals surface area contributed by atoms with Crippen LogP contribution in [-0.4, -0.2) is 42.1 Å². The molecule has 3 N–H and O–H groups in total. The maximum absolute atomic E-state index is 12.2. The van der Waals surface area contributed by atoms with Crippen molar-refractivity contribution in [2.45, 2.75) is 26.2 Å². The van der Waals surface area contributed by atoms with Crippen LogP contribution in [0.3, 0.4) is 0 Å².